The first-order chi connectivity index (χ1) is 5.77. The van der Waals surface area contributed by atoms with Gasteiger partial charge in [-0.3, -0.25) is 0 Å². The summed E-state index contributed by atoms with van der Waals surface area (Å²) < 4.78 is 6.25. The molecule has 2 nitrogen and oxygen atoms in total. The lowest BCUT2D eigenvalue weighted by molar-refractivity contribution is 0.170. The van der Waals surface area contributed by atoms with E-state index in [1.807, 2.05) is 7.05 Å². The third-order valence-electron chi connectivity index (χ3n) is 1.67. The summed E-state index contributed by atoms with van der Waals surface area (Å²) in [7, 11) is 3.65. The van der Waals surface area contributed by atoms with E-state index in [1.54, 1.807) is 18.4 Å². The van der Waals surface area contributed by atoms with E-state index in [2.05, 4.69) is 32.7 Å². The van der Waals surface area contributed by atoms with E-state index < -0.39 is 0 Å². The third-order valence-corrected chi connectivity index (χ3v) is 3.19. The maximum Gasteiger partial charge on any atom is 0.0701 e. The van der Waals surface area contributed by atoms with Gasteiger partial charge in [-0.2, -0.15) is 0 Å². The minimum atomic E-state index is 0.303. The van der Waals surface area contributed by atoms with Crippen molar-refractivity contribution in [3.05, 3.63) is 20.8 Å². The Bertz CT molecular complexity index is 239. The van der Waals surface area contributed by atoms with E-state index >= 15 is 0 Å². The minimum absolute atomic E-state index is 0.303. The lowest BCUT2D eigenvalue weighted by Gasteiger charge is -2.12. The molecule has 1 heterocycles. The molecular formula is C8H12BrNOS. The number of rotatable bonds is 4. The molecule has 0 saturated carbocycles. The Morgan fingerprint density at radius 3 is 2.92 bits per heavy atom. The third kappa shape index (κ3) is 2.55. The second-order valence-corrected chi connectivity index (χ2v) is 4.77. The maximum atomic E-state index is 5.09. The van der Waals surface area contributed by atoms with E-state index in [0.717, 1.165) is 3.79 Å². The normalized spacial score (nSPS) is 13.2. The summed E-state index contributed by atoms with van der Waals surface area (Å²) in [5, 5.41) is 5.32. The SMILES string of the molecule is CNC(COC)c1csc(Br)c1. The fourth-order valence-corrected chi connectivity index (χ4v) is 2.25. The van der Waals surface area contributed by atoms with Gasteiger partial charge in [0.05, 0.1) is 16.4 Å². The first-order valence-electron chi connectivity index (χ1n) is 3.68. The molecule has 0 aliphatic carbocycles. The number of nitrogens with one attached hydrogen (secondary N) is 1. The monoisotopic (exact) mass is 249 g/mol. The molecule has 1 unspecified atom stereocenters. The van der Waals surface area contributed by atoms with Crippen molar-refractivity contribution in [3.63, 3.8) is 0 Å². The molecular weight excluding hydrogens is 238 g/mol. The van der Waals surface area contributed by atoms with E-state index in [-0.39, 0.29) is 0 Å². The molecule has 1 atom stereocenters. The van der Waals surface area contributed by atoms with Gasteiger partial charge in [0, 0.05) is 7.11 Å². The molecule has 1 N–H and O–H groups in total. The van der Waals surface area contributed by atoms with Gasteiger partial charge in [0.15, 0.2) is 0 Å². The second-order valence-electron chi connectivity index (χ2n) is 2.48. The second kappa shape index (κ2) is 4.97. The summed E-state index contributed by atoms with van der Waals surface area (Å²) in [6.45, 7) is 0.708. The number of hydrogen-bond acceptors (Lipinski definition) is 3. The molecule has 0 spiro atoms. The average molecular weight is 250 g/mol. The van der Waals surface area contributed by atoms with Crippen LogP contribution in [0.15, 0.2) is 15.2 Å². The number of methoxy groups -OCH3 is 1. The predicted molar refractivity (Wildman–Crippen MR) is 55.7 cm³/mol. The Morgan fingerprint density at radius 2 is 2.50 bits per heavy atom. The molecule has 12 heavy (non-hydrogen) atoms. The maximum absolute atomic E-state index is 5.09. The van der Waals surface area contributed by atoms with E-state index in [9.17, 15) is 0 Å². The number of halogens is 1. The van der Waals surface area contributed by atoms with Gasteiger partial charge in [0.25, 0.3) is 0 Å². The molecule has 4 heteroatoms. The van der Waals surface area contributed by atoms with Gasteiger partial charge in [-0.25, -0.2) is 0 Å². The van der Waals surface area contributed by atoms with Crippen LogP contribution in [-0.4, -0.2) is 20.8 Å². The molecule has 0 aliphatic heterocycles. The van der Waals surface area contributed by atoms with Crippen LogP contribution in [0.4, 0.5) is 0 Å². The summed E-state index contributed by atoms with van der Waals surface area (Å²) in [4.78, 5) is 0. The first-order valence-corrected chi connectivity index (χ1v) is 5.35. The highest BCUT2D eigenvalue weighted by Gasteiger charge is 2.09. The zero-order valence-electron chi connectivity index (χ0n) is 7.13. The Labute approximate surface area is 85.1 Å². The van der Waals surface area contributed by atoms with Crippen LogP contribution < -0.4 is 5.32 Å². The van der Waals surface area contributed by atoms with Gasteiger partial charge in [-0.05, 0) is 40.0 Å². The number of ether oxygens (including phenoxy) is 1. The quantitative estimate of drug-likeness (QED) is 0.886. The first kappa shape index (κ1) is 10.2. The van der Waals surface area contributed by atoms with Crippen molar-refractivity contribution in [3.8, 4) is 0 Å². The summed E-state index contributed by atoms with van der Waals surface area (Å²) in [6, 6.07) is 2.42. The Kier molecular flexibility index (Phi) is 4.21. The molecule has 0 aliphatic rings. The van der Waals surface area contributed by atoms with Crippen molar-refractivity contribution < 1.29 is 4.74 Å². The molecule has 0 radical (unpaired) electrons. The lowest BCUT2D eigenvalue weighted by atomic mass is 10.2. The van der Waals surface area contributed by atoms with Gasteiger partial charge >= 0.3 is 0 Å². The average Bonchev–Trinajstić information content (AvgIpc) is 2.47. The molecule has 68 valence electrons. The Hall–Kier alpha value is 0.100. The van der Waals surface area contributed by atoms with Crippen LogP contribution in [0.2, 0.25) is 0 Å². The van der Waals surface area contributed by atoms with Crippen LogP contribution in [0.1, 0.15) is 11.6 Å². The number of likely N-dealkylation sites (N-methyl/N-ethyl adjacent to an activating group) is 1. The molecule has 0 aromatic carbocycles. The highest BCUT2D eigenvalue weighted by molar-refractivity contribution is 9.11. The summed E-state index contributed by atoms with van der Waals surface area (Å²) in [5.41, 5.74) is 1.27. The fraction of sp³-hybridized carbons (Fsp3) is 0.500. The van der Waals surface area contributed by atoms with Crippen molar-refractivity contribution in [1.29, 1.82) is 0 Å². The van der Waals surface area contributed by atoms with Crippen molar-refractivity contribution >= 4 is 27.3 Å². The Morgan fingerprint density at radius 1 is 1.75 bits per heavy atom. The highest BCUT2D eigenvalue weighted by Crippen LogP contribution is 2.25. The summed E-state index contributed by atoms with van der Waals surface area (Å²) in [6.07, 6.45) is 0. The van der Waals surface area contributed by atoms with Gasteiger partial charge in [-0.15, -0.1) is 11.3 Å². The van der Waals surface area contributed by atoms with Gasteiger partial charge in [-0.1, -0.05) is 0 Å². The number of thiophene rings is 1. The van der Waals surface area contributed by atoms with Crippen molar-refractivity contribution in [2.45, 2.75) is 6.04 Å². The van der Waals surface area contributed by atoms with Crippen LogP contribution in [0.25, 0.3) is 0 Å². The van der Waals surface area contributed by atoms with Crippen LogP contribution in [0, 0.1) is 0 Å². The molecule has 0 amide bonds. The zero-order chi connectivity index (χ0) is 8.97. The molecule has 0 saturated heterocycles. The van der Waals surface area contributed by atoms with Crippen molar-refractivity contribution in [2.24, 2.45) is 0 Å². The zero-order valence-corrected chi connectivity index (χ0v) is 9.54. The topological polar surface area (TPSA) is 21.3 Å². The van der Waals surface area contributed by atoms with Gasteiger partial charge in [0.2, 0.25) is 0 Å². The summed E-state index contributed by atoms with van der Waals surface area (Å²) in [5.74, 6) is 0. The van der Waals surface area contributed by atoms with Crippen LogP contribution in [-0.2, 0) is 4.74 Å². The van der Waals surface area contributed by atoms with Crippen LogP contribution >= 0.6 is 27.3 Å². The largest absolute Gasteiger partial charge is 0.383 e. The fourth-order valence-electron chi connectivity index (χ4n) is 1.02. The lowest BCUT2D eigenvalue weighted by Crippen LogP contribution is -2.20. The standard InChI is InChI=1S/C8H12BrNOS/c1-10-7(4-11-2)6-3-8(9)12-5-6/h3,5,7,10H,4H2,1-2H3. The smallest absolute Gasteiger partial charge is 0.0701 e. The minimum Gasteiger partial charge on any atom is -0.383 e. The van der Waals surface area contributed by atoms with Gasteiger partial charge < -0.3 is 10.1 Å². The highest BCUT2D eigenvalue weighted by atomic mass is 79.9. The van der Waals surface area contributed by atoms with Gasteiger partial charge in [0.1, 0.15) is 0 Å². The molecule has 0 fully saturated rings. The summed E-state index contributed by atoms with van der Waals surface area (Å²) >= 11 is 5.13. The van der Waals surface area contributed by atoms with E-state index in [1.165, 1.54) is 5.56 Å². The van der Waals surface area contributed by atoms with Crippen LogP contribution in [0.3, 0.4) is 0 Å². The molecule has 1 aromatic heterocycles. The van der Waals surface area contributed by atoms with E-state index in [4.69, 9.17) is 4.74 Å². The van der Waals surface area contributed by atoms with Crippen molar-refractivity contribution in [1.82, 2.24) is 5.32 Å². The van der Waals surface area contributed by atoms with Crippen molar-refractivity contribution in [2.75, 3.05) is 20.8 Å². The predicted octanol–water partition coefficient (Wildman–Crippen LogP) is 2.42. The molecule has 1 aromatic rings. The van der Waals surface area contributed by atoms with Crippen LogP contribution in [0.5, 0.6) is 0 Å². The Balaban J connectivity index is 2.66. The molecule has 1 rings (SSSR count). The molecule has 0 bridgehead atoms. The number of hydrogen-bond donors (Lipinski definition) is 1. The van der Waals surface area contributed by atoms with E-state index in [0.29, 0.717) is 12.6 Å².